The van der Waals surface area contributed by atoms with Crippen LogP contribution in [0.15, 0.2) is 66.7 Å². The maximum Gasteiger partial charge on any atom is 0.335 e. The summed E-state index contributed by atoms with van der Waals surface area (Å²) in [5.41, 5.74) is 3.23. The van der Waals surface area contributed by atoms with Crippen LogP contribution in [0.5, 0.6) is 5.75 Å². The summed E-state index contributed by atoms with van der Waals surface area (Å²) in [6, 6.07) is 20.2. The molecule has 0 bridgehead atoms. The average Bonchev–Trinajstić information content (AvgIpc) is 2.68. The fraction of sp³-hybridized carbons (Fsp3) is 0.136. The van der Waals surface area contributed by atoms with Gasteiger partial charge in [-0.1, -0.05) is 65.7 Å². The minimum atomic E-state index is -0.932. The fourth-order valence-corrected chi connectivity index (χ4v) is 3.34. The molecule has 0 aliphatic heterocycles. The molecule has 152 valence electrons. The average molecular weight is 453 g/mol. The number of carbonyl (C=O) groups is 1. The van der Waals surface area contributed by atoms with Gasteiger partial charge in [0.1, 0.15) is 6.61 Å². The van der Waals surface area contributed by atoms with Gasteiger partial charge in [0.15, 0.2) is 5.75 Å². The maximum atomic E-state index is 10.9. The second-order valence-electron chi connectivity index (χ2n) is 6.27. The molecule has 4 nitrogen and oxygen atoms in total. The van der Waals surface area contributed by atoms with E-state index in [2.05, 4.69) is 5.32 Å². The first-order valence-electron chi connectivity index (χ1n) is 8.70. The Labute approximate surface area is 185 Å². The molecule has 0 amide bonds. The molecule has 0 saturated heterocycles. The number of carboxylic acids is 1. The number of ether oxygens (including phenoxy) is 1. The highest BCUT2D eigenvalue weighted by atomic mass is 35.5. The number of hydrogen-bond acceptors (Lipinski definition) is 3. The maximum absolute atomic E-state index is 10.9. The Kier molecular flexibility index (Phi) is 8.80. The molecular weight excluding hydrogens is 433 g/mol. The molecule has 0 heterocycles. The molecule has 3 aromatic rings. The lowest BCUT2D eigenvalue weighted by Gasteiger charge is -2.12. The van der Waals surface area contributed by atoms with Crippen molar-refractivity contribution in [2.45, 2.75) is 19.7 Å². The van der Waals surface area contributed by atoms with Gasteiger partial charge in [-0.2, -0.15) is 0 Å². The summed E-state index contributed by atoms with van der Waals surface area (Å²) in [6.45, 7) is 1.56. The Hall–Kier alpha value is -2.24. The van der Waals surface area contributed by atoms with Crippen LogP contribution in [0.4, 0.5) is 0 Å². The first-order chi connectivity index (χ1) is 13.5. The van der Waals surface area contributed by atoms with E-state index in [-0.39, 0.29) is 18.0 Å². The van der Waals surface area contributed by atoms with E-state index in [4.69, 9.17) is 33.0 Å². The molecule has 0 radical (unpaired) electrons. The van der Waals surface area contributed by atoms with Crippen molar-refractivity contribution in [1.82, 2.24) is 5.32 Å². The smallest absolute Gasteiger partial charge is 0.335 e. The number of carboxylic acid groups (broad SMARTS) is 1. The number of hydrogen-bond donors (Lipinski definition) is 2. The zero-order valence-corrected chi connectivity index (χ0v) is 17.7. The molecule has 0 atom stereocenters. The highest BCUT2D eigenvalue weighted by Gasteiger charge is 2.10. The summed E-state index contributed by atoms with van der Waals surface area (Å²) in [5.74, 6) is -0.460. The van der Waals surface area contributed by atoms with Gasteiger partial charge >= 0.3 is 5.97 Å². The lowest BCUT2D eigenvalue weighted by Crippen LogP contribution is -2.13. The van der Waals surface area contributed by atoms with Crippen molar-refractivity contribution in [3.05, 3.63) is 99.0 Å². The first-order valence-corrected chi connectivity index (χ1v) is 9.46. The van der Waals surface area contributed by atoms with Crippen LogP contribution in [0.25, 0.3) is 0 Å². The lowest BCUT2D eigenvalue weighted by atomic mass is 10.1. The summed E-state index contributed by atoms with van der Waals surface area (Å²) in [7, 11) is 0. The SMILES string of the molecule is Cl.O=C(O)c1ccc(CNCc2cc(Cl)c(OCc3ccccc3)c(Cl)c2)cc1. The number of rotatable bonds is 8. The predicted octanol–water partition coefficient (Wildman–Crippen LogP) is 5.98. The van der Waals surface area contributed by atoms with E-state index < -0.39 is 5.97 Å². The van der Waals surface area contributed by atoms with Gasteiger partial charge in [-0.3, -0.25) is 0 Å². The van der Waals surface area contributed by atoms with E-state index in [9.17, 15) is 4.79 Å². The summed E-state index contributed by atoms with van der Waals surface area (Å²) >= 11 is 12.7. The van der Waals surface area contributed by atoms with Gasteiger partial charge in [-0.05, 0) is 41.0 Å². The Morgan fingerprint density at radius 2 is 1.45 bits per heavy atom. The first kappa shape index (κ1) is 23.0. The third-order valence-corrected chi connectivity index (χ3v) is 4.70. The molecule has 0 saturated carbocycles. The van der Waals surface area contributed by atoms with E-state index in [1.807, 2.05) is 42.5 Å². The van der Waals surface area contributed by atoms with Crippen LogP contribution >= 0.6 is 35.6 Å². The van der Waals surface area contributed by atoms with Crippen LogP contribution in [0, 0.1) is 0 Å². The number of nitrogens with one attached hydrogen (secondary N) is 1. The largest absolute Gasteiger partial charge is 0.486 e. The number of benzene rings is 3. The van der Waals surface area contributed by atoms with Crippen LogP contribution in [-0.4, -0.2) is 11.1 Å². The Morgan fingerprint density at radius 1 is 0.862 bits per heavy atom. The monoisotopic (exact) mass is 451 g/mol. The lowest BCUT2D eigenvalue weighted by molar-refractivity contribution is 0.0697. The normalized spacial score (nSPS) is 10.3. The molecular formula is C22H20Cl3NO3. The standard InChI is InChI=1S/C22H19Cl2NO3.ClH/c23-19-10-17(13-25-12-15-6-8-18(9-7-15)22(26)27)11-20(24)21(19)28-14-16-4-2-1-3-5-16;/h1-11,25H,12-14H2,(H,26,27);1H. The number of halogens is 3. The molecule has 3 rings (SSSR count). The zero-order chi connectivity index (χ0) is 19.9. The molecule has 2 N–H and O–H groups in total. The van der Waals surface area contributed by atoms with Crippen molar-refractivity contribution in [3.63, 3.8) is 0 Å². The second kappa shape index (κ2) is 11.1. The van der Waals surface area contributed by atoms with Crippen LogP contribution in [-0.2, 0) is 19.7 Å². The molecule has 0 unspecified atom stereocenters. The summed E-state index contributed by atoms with van der Waals surface area (Å²) < 4.78 is 5.78. The summed E-state index contributed by atoms with van der Waals surface area (Å²) in [6.07, 6.45) is 0. The van der Waals surface area contributed by atoms with Gasteiger partial charge in [0.2, 0.25) is 0 Å². The highest BCUT2D eigenvalue weighted by molar-refractivity contribution is 6.37. The van der Waals surface area contributed by atoms with Crippen LogP contribution < -0.4 is 10.1 Å². The Bertz CT molecular complexity index is 924. The Morgan fingerprint density at radius 3 is 2.03 bits per heavy atom. The van der Waals surface area contributed by atoms with E-state index >= 15 is 0 Å². The van der Waals surface area contributed by atoms with E-state index in [1.165, 1.54) is 0 Å². The molecule has 29 heavy (non-hydrogen) atoms. The van der Waals surface area contributed by atoms with Crippen molar-refractivity contribution in [2.75, 3.05) is 0 Å². The minimum Gasteiger partial charge on any atom is -0.486 e. The third-order valence-electron chi connectivity index (χ3n) is 4.14. The summed E-state index contributed by atoms with van der Waals surface area (Å²) in [5, 5.41) is 13.1. The molecule has 0 fully saturated rings. The van der Waals surface area contributed by atoms with Crippen molar-refractivity contribution >= 4 is 41.6 Å². The van der Waals surface area contributed by atoms with E-state index in [0.29, 0.717) is 35.5 Å². The van der Waals surface area contributed by atoms with Gasteiger partial charge in [-0.25, -0.2) is 4.79 Å². The fourth-order valence-electron chi connectivity index (χ4n) is 2.70. The Balaban J connectivity index is 0.00000300. The van der Waals surface area contributed by atoms with Gasteiger partial charge in [0.05, 0.1) is 15.6 Å². The molecule has 0 aliphatic rings. The minimum absolute atomic E-state index is 0. The van der Waals surface area contributed by atoms with E-state index in [1.54, 1.807) is 24.3 Å². The van der Waals surface area contributed by atoms with Gasteiger partial charge in [0.25, 0.3) is 0 Å². The van der Waals surface area contributed by atoms with Gasteiger partial charge < -0.3 is 15.2 Å². The quantitative estimate of drug-likeness (QED) is 0.441. The van der Waals surface area contributed by atoms with Gasteiger partial charge in [0, 0.05) is 13.1 Å². The van der Waals surface area contributed by atoms with Gasteiger partial charge in [-0.15, -0.1) is 12.4 Å². The number of aromatic carboxylic acids is 1. The second-order valence-corrected chi connectivity index (χ2v) is 7.08. The van der Waals surface area contributed by atoms with E-state index in [0.717, 1.165) is 16.7 Å². The highest BCUT2D eigenvalue weighted by Crippen LogP contribution is 2.34. The topological polar surface area (TPSA) is 58.6 Å². The van der Waals surface area contributed by atoms with Crippen molar-refractivity contribution in [1.29, 1.82) is 0 Å². The molecule has 0 aromatic heterocycles. The molecule has 0 spiro atoms. The van der Waals surface area contributed by atoms with Crippen LogP contribution in [0.3, 0.4) is 0 Å². The van der Waals surface area contributed by atoms with Crippen LogP contribution in [0.2, 0.25) is 10.0 Å². The van der Waals surface area contributed by atoms with Crippen molar-refractivity contribution < 1.29 is 14.6 Å². The van der Waals surface area contributed by atoms with Crippen molar-refractivity contribution in [2.24, 2.45) is 0 Å². The summed E-state index contributed by atoms with van der Waals surface area (Å²) in [4.78, 5) is 10.9. The predicted molar refractivity (Wildman–Crippen MR) is 118 cm³/mol. The molecule has 3 aromatic carbocycles. The molecule has 7 heteroatoms. The zero-order valence-electron chi connectivity index (χ0n) is 15.4. The molecule has 0 aliphatic carbocycles. The van der Waals surface area contributed by atoms with Crippen molar-refractivity contribution in [3.8, 4) is 5.75 Å². The third kappa shape index (κ3) is 6.65. The van der Waals surface area contributed by atoms with Crippen LogP contribution in [0.1, 0.15) is 27.0 Å².